The first-order chi connectivity index (χ1) is 17.0. The number of hydrogen-bond acceptors (Lipinski definition) is 5. The monoisotopic (exact) mass is 465 g/mol. The third kappa shape index (κ3) is 2.30. The Morgan fingerprint density at radius 2 is 1.43 bits per heavy atom. The first-order valence-corrected chi connectivity index (χ1v) is 11.9. The molecule has 2 amide bonds. The van der Waals surface area contributed by atoms with Crippen molar-refractivity contribution in [1.82, 2.24) is 4.90 Å². The zero-order chi connectivity index (χ0) is 23.9. The van der Waals surface area contributed by atoms with Gasteiger partial charge in [0.2, 0.25) is 11.8 Å². The van der Waals surface area contributed by atoms with Crippen molar-refractivity contribution < 1.29 is 19.5 Å². The number of ketones is 1. The summed E-state index contributed by atoms with van der Waals surface area (Å²) in [7, 11) is 0. The Balaban J connectivity index is 1.60. The second kappa shape index (κ2) is 6.87. The van der Waals surface area contributed by atoms with Crippen molar-refractivity contribution in [1.29, 1.82) is 0 Å². The average molecular weight is 466 g/mol. The number of aliphatic hydroxyl groups excluding tert-OH is 1. The average Bonchev–Trinajstić information content (AvgIpc) is 3.55. The summed E-state index contributed by atoms with van der Waals surface area (Å²) in [5, 5.41) is 16.8. The molecule has 4 heterocycles. The molecular weight excluding hydrogens is 442 g/mol. The number of nitrogens with zero attached hydrogens (tertiary/aromatic N) is 1. The van der Waals surface area contributed by atoms with E-state index in [-0.39, 0.29) is 30.6 Å². The molecule has 0 aliphatic carbocycles. The number of rotatable bonds is 2. The molecule has 3 N–H and O–H groups in total. The van der Waals surface area contributed by atoms with Crippen molar-refractivity contribution in [3.8, 4) is 0 Å². The van der Waals surface area contributed by atoms with Gasteiger partial charge < -0.3 is 15.7 Å². The van der Waals surface area contributed by atoms with Gasteiger partial charge in [0.1, 0.15) is 11.0 Å². The maximum absolute atomic E-state index is 14.5. The number of anilines is 2. The summed E-state index contributed by atoms with van der Waals surface area (Å²) in [5.41, 5.74) is 0.342. The molecule has 7 heteroatoms. The Labute approximate surface area is 201 Å². The molecule has 174 valence electrons. The fraction of sp³-hybridized carbons (Fsp3) is 0.250. The van der Waals surface area contributed by atoms with E-state index in [2.05, 4.69) is 10.6 Å². The number of carbonyl (C=O) groups excluding carboxylic acids is 3. The van der Waals surface area contributed by atoms with Crippen LogP contribution in [0.4, 0.5) is 11.4 Å². The van der Waals surface area contributed by atoms with E-state index in [1.165, 1.54) is 0 Å². The molecule has 35 heavy (non-hydrogen) atoms. The highest BCUT2D eigenvalue weighted by Gasteiger charge is 2.79. The minimum atomic E-state index is -1.43. The molecular formula is C28H23N3O4. The van der Waals surface area contributed by atoms with E-state index >= 15 is 0 Å². The van der Waals surface area contributed by atoms with Gasteiger partial charge in [-0.15, -0.1) is 0 Å². The van der Waals surface area contributed by atoms with Gasteiger partial charge in [0.15, 0.2) is 5.78 Å². The molecule has 0 radical (unpaired) electrons. The smallest absolute Gasteiger partial charge is 0.250 e. The second-order valence-corrected chi connectivity index (χ2v) is 9.86. The van der Waals surface area contributed by atoms with Crippen LogP contribution in [0, 0.1) is 5.92 Å². The zero-order valence-electron chi connectivity index (χ0n) is 18.8. The molecule has 4 aliphatic rings. The number of nitrogens with one attached hydrogen (secondary N) is 2. The van der Waals surface area contributed by atoms with E-state index < -0.39 is 29.0 Å². The van der Waals surface area contributed by atoms with E-state index in [0.29, 0.717) is 28.1 Å². The van der Waals surface area contributed by atoms with Gasteiger partial charge in [0.05, 0.1) is 12.0 Å². The minimum Gasteiger partial charge on any atom is -0.392 e. The number of carbonyl (C=O) groups is 3. The molecule has 2 fully saturated rings. The summed E-state index contributed by atoms with van der Waals surface area (Å²) in [6.45, 7) is 0.197. The van der Waals surface area contributed by atoms with Crippen LogP contribution < -0.4 is 10.6 Å². The van der Waals surface area contributed by atoms with E-state index in [0.717, 1.165) is 0 Å². The predicted octanol–water partition coefficient (Wildman–Crippen LogP) is 2.67. The van der Waals surface area contributed by atoms with Crippen LogP contribution >= 0.6 is 0 Å². The summed E-state index contributed by atoms with van der Waals surface area (Å²) in [6.07, 6.45) is -0.431. The number of hydrogen-bond donors (Lipinski definition) is 3. The first kappa shape index (κ1) is 20.6. The Morgan fingerprint density at radius 3 is 2.17 bits per heavy atom. The number of aliphatic hydroxyl groups is 1. The van der Waals surface area contributed by atoms with Gasteiger partial charge in [-0.1, -0.05) is 66.7 Å². The number of benzene rings is 3. The lowest BCUT2D eigenvalue weighted by Gasteiger charge is -2.38. The quantitative estimate of drug-likeness (QED) is 0.506. The Hall–Kier alpha value is -3.81. The number of fused-ring (bicyclic) bond motifs is 7. The highest BCUT2D eigenvalue weighted by molar-refractivity contribution is 6.18. The second-order valence-electron chi connectivity index (χ2n) is 9.86. The Bertz CT molecular complexity index is 1340. The minimum absolute atomic E-state index is 0.197. The van der Waals surface area contributed by atoms with E-state index in [9.17, 15) is 19.5 Å². The third-order valence-corrected chi connectivity index (χ3v) is 8.38. The lowest BCUT2D eigenvalue weighted by Crippen LogP contribution is -2.56. The molecule has 5 atom stereocenters. The SMILES string of the molecule is O=C(c1ccccc1)C1C2(C(=O)Nc3ccccc32)C2CC(O)CN2C12C(=O)Nc1ccccc12. The van der Waals surface area contributed by atoms with Crippen LogP contribution in [0.1, 0.15) is 27.9 Å². The van der Waals surface area contributed by atoms with Gasteiger partial charge in [-0.2, -0.15) is 0 Å². The molecule has 7 rings (SSSR count). The van der Waals surface area contributed by atoms with Crippen LogP contribution in [0.25, 0.3) is 0 Å². The van der Waals surface area contributed by atoms with Gasteiger partial charge in [0, 0.05) is 35.1 Å². The van der Waals surface area contributed by atoms with Crippen molar-refractivity contribution in [2.75, 3.05) is 17.2 Å². The van der Waals surface area contributed by atoms with Crippen LogP contribution in [0.2, 0.25) is 0 Å². The Kier molecular flexibility index (Phi) is 4.03. The first-order valence-electron chi connectivity index (χ1n) is 11.9. The lowest BCUT2D eigenvalue weighted by molar-refractivity contribution is -0.128. The molecule has 2 saturated heterocycles. The maximum atomic E-state index is 14.5. The van der Waals surface area contributed by atoms with Gasteiger partial charge in [-0.05, 0) is 24.1 Å². The fourth-order valence-electron chi connectivity index (χ4n) is 7.24. The van der Waals surface area contributed by atoms with Crippen LogP contribution in [-0.4, -0.2) is 46.3 Å². The fourth-order valence-corrected chi connectivity index (χ4v) is 7.24. The maximum Gasteiger partial charge on any atom is 0.250 e. The molecule has 3 aromatic rings. The summed E-state index contributed by atoms with van der Waals surface area (Å²) in [5.74, 6) is -1.91. The van der Waals surface area contributed by atoms with Crippen LogP contribution in [-0.2, 0) is 20.5 Å². The molecule has 3 aromatic carbocycles. The molecule has 2 spiro atoms. The number of Topliss-reactive ketones (excluding diaryl/α,β-unsaturated/α-hetero) is 1. The zero-order valence-corrected chi connectivity index (χ0v) is 18.8. The van der Waals surface area contributed by atoms with Gasteiger partial charge in [-0.25, -0.2) is 0 Å². The van der Waals surface area contributed by atoms with E-state index in [1.807, 2.05) is 59.5 Å². The standard InChI is InChI=1S/C28H23N3O4/c32-17-14-22-27(18-10-4-6-12-20(18)29-25(27)34)24(23(33)16-8-2-1-3-9-16)28(31(22)15-17)19-11-5-7-13-21(19)30-26(28)35/h1-13,17,22,24,32H,14-15H2,(H,29,34)(H,30,35). The summed E-state index contributed by atoms with van der Waals surface area (Å²) in [6, 6.07) is 23.1. The van der Waals surface area contributed by atoms with Crippen molar-refractivity contribution in [2.45, 2.75) is 29.5 Å². The molecule has 0 aromatic heterocycles. The summed E-state index contributed by atoms with van der Waals surface area (Å²) >= 11 is 0. The molecule has 5 unspecified atom stereocenters. The van der Waals surface area contributed by atoms with Crippen molar-refractivity contribution in [3.05, 3.63) is 95.6 Å². The molecule has 0 bridgehead atoms. The lowest BCUT2D eigenvalue weighted by atomic mass is 9.60. The Morgan fingerprint density at radius 1 is 0.829 bits per heavy atom. The highest BCUT2D eigenvalue weighted by Crippen LogP contribution is 2.66. The number of para-hydroxylation sites is 2. The summed E-state index contributed by atoms with van der Waals surface area (Å²) < 4.78 is 0. The third-order valence-electron chi connectivity index (χ3n) is 8.38. The van der Waals surface area contributed by atoms with Crippen molar-refractivity contribution in [3.63, 3.8) is 0 Å². The highest BCUT2D eigenvalue weighted by atomic mass is 16.3. The van der Waals surface area contributed by atoms with E-state index in [1.54, 1.807) is 24.3 Å². The van der Waals surface area contributed by atoms with Gasteiger partial charge in [-0.3, -0.25) is 19.3 Å². The van der Waals surface area contributed by atoms with Gasteiger partial charge >= 0.3 is 0 Å². The molecule has 4 aliphatic heterocycles. The van der Waals surface area contributed by atoms with Crippen LogP contribution in [0.3, 0.4) is 0 Å². The van der Waals surface area contributed by atoms with E-state index in [4.69, 9.17) is 0 Å². The molecule has 0 saturated carbocycles. The topological polar surface area (TPSA) is 98.7 Å². The van der Waals surface area contributed by atoms with Gasteiger partial charge in [0.25, 0.3) is 0 Å². The molecule has 7 nitrogen and oxygen atoms in total. The normalized spacial score (nSPS) is 32.4. The summed E-state index contributed by atoms with van der Waals surface area (Å²) in [4.78, 5) is 44.7. The van der Waals surface area contributed by atoms with Crippen molar-refractivity contribution in [2.24, 2.45) is 5.92 Å². The van der Waals surface area contributed by atoms with Crippen LogP contribution in [0.5, 0.6) is 0 Å². The number of amides is 2. The van der Waals surface area contributed by atoms with Crippen LogP contribution in [0.15, 0.2) is 78.9 Å². The van der Waals surface area contributed by atoms with Crippen molar-refractivity contribution >= 4 is 29.0 Å². The predicted molar refractivity (Wildman–Crippen MR) is 129 cm³/mol. The largest absolute Gasteiger partial charge is 0.392 e.